The van der Waals surface area contributed by atoms with Gasteiger partial charge in [0.2, 0.25) is 0 Å². The lowest BCUT2D eigenvalue weighted by Gasteiger charge is -2.31. The molecular formula is C16H24N2O3. The molecule has 1 aliphatic rings. The largest absolute Gasteiger partial charge is 0.394 e. The summed E-state index contributed by atoms with van der Waals surface area (Å²) in [4.78, 5) is 12.1. The van der Waals surface area contributed by atoms with Crippen LogP contribution in [-0.4, -0.2) is 37.0 Å². The second-order valence-electron chi connectivity index (χ2n) is 5.43. The lowest BCUT2D eigenvalue weighted by Crippen LogP contribution is -2.50. The molecule has 0 aliphatic heterocycles. The van der Waals surface area contributed by atoms with Crippen LogP contribution in [0.1, 0.15) is 37.3 Å². The first kappa shape index (κ1) is 15.8. The van der Waals surface area contributed by atoms with Crippen LogP contribution in [0.2, 0.25) is 0 Å². The maximum Gasteiger partial charge on any atom is 0.315 e. The number of hydrogen-bond acceptors (Lipinski definition) is 3. The van der Waals surface area contributed by atoms with Gasteiger partial charge < -0.3 is 20.5 Å². The summed E-state index contributed by atoms with van der Waals surface area (Å²) in [6.07, 6.45) is 4.23. The van der Waals surface area contributed by atoms with Crippen LogP contribution < -0.4 is 10.6 Å². The van der Waals surface area contributed by atoms with Crippen molar-refractivity contribution in [2.45, 2.75) is 43.9 Å². The molecule has 0 bridgehead atoms. The number of carbonyl (C=O) groups is 1. The van der Waals surface area contributed by atoms with Crippen LogP contribution in [0.25, 0.3) is 0 Å². The zero-order valence-corrected chi connectivity index (χ0v) is 12.4. The minimum absolute atomic E-state index is 0.0406. The third-order valence-corrected chi connectivity index (χ3v) is 4.01. The molecule has 1 aromatic rings. The summed E-state index contributed by atoms with van der Waals surface area (Å²) in [7, 11) is 1.68. The van der Waals surface area contributed by atoms with Crippen molar-refractivity contribution in [3.8, 4) is 0 Å². The number of carbonyl (C=O) groups excluding carboxylic acids is 1. The van der Waals surface area contributed by atoms with Crippen LogP contribution in [0.4, 0.5) is 4.79 Å². The number of hydrogen-bond donors (Lipinski definition) is 3. The number of rotatable bonds is 5. The Kier molecular flexibility index (Phi) is 6.02. The molecule has 0 saturated heterocycles. The zero-order valence-electron chi connectivity index (χ0n) is 12.4. The van der Waals surface area contributed by atoms with E-state index in [1.807, 2.05) is 30.3 Å². The molecule has 5 nitrogen and oxygen atoms in total. The summed E-state index contributed by atoms with van der Waals surface area (Å²) >= 11 is 0. The van der Waals surface area contributed by atoms with E-state index in [1.165, 1.54) is 0 Å². The van der Waals surface area contributed by atoms with Crippen LogP contribution in [0, 0.1) is 0 Å². The van der Waals surface area contributed by atoms with Crippen LogP contribution in [0.15, 0.2) is 30.3 Å². The topological polar surface area (TPSA) is 70.6 Å². The van der Waals surface area contributed by atoms with Crippen LogP contribution >= 0.6 is 0 Å². The van der Waals surface area contributed by atoms with Gasteiger partial charge in [-0.2, -0.15) is 0 Å². The van der Waals surface area contributed by atoms with Gasteiger partial charge in [-0.1, -0.05) is 43.2 Å². The number of benzene rings is 1. The molecule has 0 heterocycles. The lowest BCUT2D eigenvalue weighted by molar-refractivity contribution is 0.0449. The molecule has 2 rings (SSSR count). The predicted octanol–water partition coefficient (Wildman–Crippen LogP) is 1.98. The second kappa shape index (κ2) is 8.00. The first-order chi connectivity index (χ1) is 10.2. The quantitative estimate of drug-likeness (QED) is 0.777. The second-order valence-corrected chi connectivity index (χ2v) is 5.43. The normalized spacial score (nSPS) is 23.3. The molecule has 0 aromatic heterocycles. The molecular weight excluding hydrogens is 268 g/mol. The molecule has 21 heavy (non-hydrogen) atoms. The van der Waals surface area contributed by atoms with Crippen molar-refractivity contribution in [3.63, 3.8) is 0 Å². The van der Waals surface area contributed by atoms with Gasteiger partial charge in [-0.25, -0.2) is 4.79 Å². The van der Waals surface area contributed by atoms with Crippen molar-refractivity contribution in [1.29, 1.82) is 0 Å². The van der Waals surface area contributed by atoms with Crippen molar-refractivity contribution < 1.29 is 14.6 Å². The van der Waals surface area contributed by atoms with Gasteiger partial charge in [-0.05, 0) is 18.4 Å². The highest BCUT2D eigenvalue weighted by Gasteiger charge is 2.26. The molecule has 2 amide bonds. The Morgan fingerprint density at radius 2 is 2.05 bits per heavy atom. The number of urea groups is 1. The summed E-state index contributed by atoms with van der Waals surface area (Å²) in [5.74, 6) is 0. The maximum absolute atomic E-state index is 12.1. The smallest absolute Gasteiger partial charge is 0.315 e. The van der Waals surface area contributed by atoms with Crippen molar-refractivity contribution in [1.82, 2.24) is 10.6 Å². The van der Waals surface area contributed by atoms with Gasteiger partial charge in [-0.15, -0.1) is 0 Å². The van der Waals surface area contributed by atoms with E-state index >= 15 is 0 Å². The number of aliphatic hydroxyl groups is 1. The minimum atomic E-state index is -0.393. The van der Waals surface area contributed by atoms with E-state index in [4.69, 9.17) is 4.74 Å². The molecule has 1 aromatic carbocycles. The number of aliphatic hydroxyl groups excluding tert-OH is 1. The molecule has 0 radical (unpaired) electrons. The van der Waals surface area contributed by atoms with E-state index < -0.39 is 6.04 Å². The summed E-state index contributed by atoms with van der Waals surface area (Å²) in [6, 6.07) is 8.85. The van der Waals surface area contributed by atoms with Crippen molar-refractivity contribution in [2.75, 3.05) is 13.7 Å². The van der Waals surface area contributed by atoms with Gasteiger partial charge in [-0.3, -0.25) is 0 Å². The first-order valence-electron chi connectivity index (χ1n) is 7.50. The van der Waals surface area contributed by atoms with Gasteiger partial charge in [0.05, 0.1) is 24.8 Å². The van der Waals surface area contributed by atoms with E-state index in [0.29, 0.717) is 0 Å². The SMILES string of the molecule is COC1CCCCC1NC(=O)N[C@H](CO)c1ccccc1. The number of amides is 2. The predicted molar refractivity (Wildman–Crippen MR) is 81.0 cm³/mol. The average molecular weight is 292 g/mol. The van der Waals surface area contributed by atoms with Crippen LogP contribution in [-0.2, 0) is 4.74 Å². The number of ether oxygens (including phenoxy) is 1. The Labute approximate surface area is 125 Å². The standard InChI is InChI=1S/C16H24N2O3/c1-21-15-10-6-5-9-13(15)17-16(20)18-14(11-19)12-7-3-2-4-8-12/h2-4,7-8,13-15,19H,5-6,9-11H2,1H3,(H2,17,18,20)/t13?,14-,15?/m1/s1. The van der Waals surface area contributed by atoms with Crippen molar-refractivity contribution >= 4 is 6.03 Å². The van der Waals surface area contributed by atoms with Crippen LogP contribution in [0.5, 0.6) is 0 Å². The van der Waals surface area contributed by atoms with E-state index in [0.717, 1.165) is 31.2 Å². The molecule has 0 spiro atoms. The Morgan fingerprint density at radius 3 is 2.71 bits per heavy atom. The summed E-state index contributed by atoms with van der Waals surface area (Å²) in [5.41, 5.74) is 0.891. The fourth-order valence-electron chi connectivity index (χ4n) is 2.83. The van der Waals surface area contributed by atoms with Gasteiger partial charge in [0.1, 0.15) is 0 Å². The monoisotopic (exact) mass is 292 g/mol. The first-order valence-corrected chi connectivity index (χ1v) is 7.50. The molecule has 116 valence electrons. The molecule has 1 saturated carbocycles. The Morgan fingerprint density at radius 1 is 1.33 bits per heavy atom. The molecule has 5 heteroatoms. The maximum atomic E-state index is 12.1. The molecule has 1 fully saturated rings. The van der Waals surface area contributed by atoms with E-state index in [1.54, 1.807) is 7.11 Å². The molecule has 3 N–H and O–H groups in total. The average Bonchev–Trinajstić information content (AvgIpc) is 2.54. The summed E-state index contributed by atoms with van der Waals surface area (Å²) in [5, 5.41) is 15.3. The fraction of sp³-hybridized carbons (Fsp3) is 0.562. The Hall–Kier alpha value is -1.59. The van der Waals surface area contributed by atoms with Crippen LogP contribution in [0.3, 0.4) is 0 Å². The Balaban J connectivity index is 1.90. The van der Waals surface area contributed by atoms with E-state index in [9.17, 15) is 9.90 Å². The van der Waals surface area contributed by atoms with Crippen molar-refractivity contribution in [2.24, 2.45) is 0 Å². The van der Waals surface area contributed by atoms with Crippen molar-refractivity contribution in [3.05, 3.63) is 35.9 Å². The van der Waals surface area contributed by atoms with E-state index in [-0.39, 0.29) is 24.8 Å². The molecule has 3 atom stereocenters. The molecule has 1 aliphatic carbocycles. The molecule has 2 unspecified atom stereocenters. The van der Waals surface area contributed by atoms with E-state index in [2.05, 4.69) is 10.6 Å². The highest BCUT2D eigenvalue weighted by Crippen LogP contribution is 2.21. The fourth-order valence-corrected chi connectivity index (χ4v) is 2.83. The van der Waals surface area contributed by atoms with Gasteiger partial charge in [0.25, 0.3) is 0 Å². The van der Waals surface area contributed by atoms with Gasteiger partial charge >= 0.3 is 6.03 Å². The van der Waals surface area contributed by atoms with Gasteiger partial charge in [0.15, 0.2) is 0 Å². The highest BCUT2D eigenvalue weighted by atomic mass is 16.5. The summed E-state index contributed by atoms with van der Waals surface area (Å²) < 4.78 is 5.43. The number of methoxy groups -OCH3 is 1. The summed E-state index contributed by atoms with van der Waals surface area (Å²) in [6.45, 7) is -0.129. The lowest BCUT2D eigenvalue weighted by atomic mass is 9.92. The highest BCUT2D eigenvalue weighted by molar-refractivity contribution is 5.74. The number of nitrogens with one attached hydrogen (secondary N) is 2. The zero-order chi connectivity index (χ0) is 15.1. The minimum Gasteiger partial charge on any atom is -0.394 e. The van der Waals surface area contributed by atoms with Gasteiger partial charge in [0, 0.05) is 7.11 Å². The third-order valence-electron chi connectivity index (χ3n) is 4.01. The Bertz CT molecular complexity index is 438. The third kappa shape index (κ3) is 4.44.